The Morgan fingerprint density at radius 2 is 1.57 bits per heavy atom. The first-order chi connectivity index (χ1) is 14.7. The molecule has 0 bridgehead atoms. The van der Waals surface area contributed by atoms with Crippen LogP contribution in [-0.4, -0.2) is 26.4 Å². The summed E-state index contributed by atoms with van der Waals surface area (Å²) in [5, 5.41) is 11.9. The molecular weight excluding hydrogens is 392 g/mol. The third kappa shape index (κ3) is 4.78. The summed E-state index contributed by atoms with van der Waals surface area (Å²) < 4.78 is 1.88. The number of nitrogens with one attached hydrogen (secondary N) is 1. The fourth-order valence-corrected chi connectivity index (χ4v) is 3.92. The maximum Gasteiger partial charge on any atom is 0.230 e. The lowest BCUT2D eigenvalue weighted by atomic mass is 10.0. The van der Waals surface area contributed by atoms with Gasteiger partial charge in [0.15, 0.2) is 5.16 Å². The molecule has 0 fully saturated rings. The van der Waals surface area contributed by atoms with E-state index < -0.39 is 0 Å². The molecule has 0 aliphatic rings. The molecule has 0 saturated carbocycles. The molecule has 0 saturated heterocycles. The van der Waals surface area contributed by atoms with Gasteiger partial charge in [-0.15, -0.1) is 10.2 Å². The predicted molar refractivity (Wildman–Crippen MR) is 121 cm³/mol. The van der Waals surface area contributed by atoms with Gasteiger partial charge >= 0.3 is 0 Å². The molecule has 4 aromatic rings. The van der Waals surface area contributed by atoms with E-state index in [1.807, 2.05) is 60.0 Å². The molecule has 5 nitrogen and oxygen atoms in total. The molecule has 0 aliphatic carbocycles. The molecule has 1 atom stereocenters. The van der Waals surface area contributed by atoms with Crippen LogP contribution in [0.5, 0.6) is 0 Å². The van der Waals surface area contributed by atoms with Gasteiger partial charge in [-0.05, 0) is 35.7 Å². The van der Waals surface area contributed by atoms with Gasteiger partial charge in [0.25, 0.3) is 0 Å². The van der Waals surface area contributed by atoms with E-state index in [9.17, 15) is 4.79 Å². The second kappa shape index (κ2) is 9.41. The van der Waals surface area contributed by atoms with Gasteiger partial charge in [0.1, 0.15) is 6.33 Å². The summed E-state index contributed by atoms with van der Waals surface area (Å²) in [6.45, 7) is 1.99. The van der Waals surface area contributed by atoms with Gasteiger partial charge in [0.2, 0.25) is 5.91 Å². The Morgan fingerprint density at radius 1 is 0.933 bits per heavy atom. The van der Waals surface area contributed by atoms with Crippen molar-refractivity contribution in [1.82, 2.24) is 20.1 Å². The van der Waals surface area contributed by atoms with E-state index in [1.165, 1.54) is 17.3 Å². The number of rotatable bonds is 7. The lowest BCUT2D eigenvalue weighted by molar-refractivity contribution is -0.119. The van der Waals surface area contributed by atoms with Crippen LogP contribution >= 0.6 is 11.8 Å². The summed E-state index contributed by atoms with van der Waals surface area (Å²) in [5.74, 6) is 0.236. The Bertz CT molecular complexity index is 1100. The molecule has 6 heteroatoms. The zero-order valence-corrected chi connectivity index (χ0v) is 17.4. The zero-order chi connectivity index (χ0) is 20.8. The van der Waals surface area contributed by atoms with Crippen LogP contribution in [0.25, 0.3) is 16.8 Å². The Kier molecular flexibility index (Phi) is 6.25. The molecule has 0 aliphatic heterocycles. The fraction of sp³-hybridized carbons (Fsp3) is 0.125. The number of carbonyl (C=O) groups is 1. The van der Waals surface area contributed by atoms with Gasteiger partial charge < -0.3 is 5.32 Å². The van der Waals surface area contributed by atoms with Crippen molar-refractivity contribution < 1.29 is 4.79 Å². The molecule has 0 unspecified atom stereocenters. The van der Waals surface area contributed by atoms with E-state index in [0.29, 0.717) is 5.16 Å². The third-order valence-electron chi connectivity index (χ3n) is 4.78. The molecule has 0 radical (unpaired) electrons. The summed E-state index contributed by atoms with van der Waals surface area (Å²) >= 11 is 1.37. The monoisotopic (exact) mass is 414 g/mol. The number of aromatic nitrogens is 3. The highest BCUT2D eigenvalue weighted by molar-refractivity contribution is 7.99. The average Bonchev–Trinajstić information content (AvgIpc) is 3.28. The van der Waals surface area contributed by atoms with Crippen LogP contribution in [0, 0.1) is 0 Å². The number of benzene rings is 3. The van der Waals surface area contributed by atoms with Gasteiger partial charge in [-0.2, -0.15) is 0 Å². The topological polar surface area (TPSA) is 59.8 Å². The number of para-hydroxylation sites is 1. The summed E-state index contributed by atoms with van der Waals surface area (Å²) in [6, 6.07) is 28.3. The molecule has 0 spiro atoms. The minimum atomic E-state index is -0.0742. The fourth-order valence-electron chi connectivity index (χ4n) is 3.18. The van der Waals surface area contributed by atoms with Crippen molar-refractivity contribution in [1.29, 1.82) is 0 Å². The molecule has 3 aromatic carbocycles. The van der Waals surface area contributed by atoms with E-state index in [4.69, 9.17) is 0 Å². The Hall–Kier alpha value is -3.38. The highest BCUT2D eigenvalue weighted by Gasteiger charge is 2.13. The van der Waals surface area contributed by atoms with Crippen LogP contribution in [0.4, 0.5) is 0 Å². The van der Waals surface area contributed by atoms with Crippen LogP contribution in [0.3, 0.4) is 0 Å². The third-order valence-corrected chi connectivity index (χ3v) is 5.72. The molecule has 150 valence electrons. The SMILES string of the molecule is C[C@@H](NC(=O)CSc1nncn1-c1ccccc1)c1ccc(-c2ccccc2)cc1. The lowest BCUT2D eigenvalue weighted by Crippen LogP contribution is -2.28. The molecule has 1 amide bonds. The zero-order valence-electron chi connectivity index (χ0n) is 16.6. The number of nitrogens with zero attached hydrogens (tertiary/aromatic N) is 3. The van der Waals surface area contributed by atoms with E-state index in [2.05, 4.69) is 51.9 Å². The van der Waals surface area contributed by atoms with Gasteiger partial charge in [0, 0.05) is 5.69 Å². The Labute approximate surface area is 180 Å². The number of amides is 1. The lowest BCUT2D eigenvalue weighted by Gasteiger charge is -2.15. The van der Waals surface area contributed by atoms with Crippen LogP contribution in [0.15, 0.2) is 96.4 Å². The highest BCUT2D eigenvalue weighted by Crippen LogP contribution is 2.23. The van der Waals surface area contributed by atoms with Crippen molar-refractivity contribution in [2.45, 2.75) is 18.1 Å². The molecule has 4 rings (SSSR count). The molecule has 1 N–H and O–H groups in total. The first-order valence-electron chi connectivity index (χ1n) is 9.74. The minimum absolute atomic E-state index is 0.0396. The van der Waals surface area contributed by atoms with Gasteiger partial charge in [-0.3, -0.25) is 9.36 Å². The van der Waals surface area contributed by atoms with E-state index in [0.717, 1.165) is 16.8 Å². The van der Waals surface area contributed by atoms with Crippen LogP contribution in [0.2, 0.25) is 0 Å². The maximum absolute atomic E-state index is 12.5. The highest BCUT2D eigenvalue weighted by atomic mass is 32.2. The first kappa shape index (κ1) is 19.9. The van der Waals surface area contributed by atoms with Crippen LogP contribution < -0.4 is 5.32 Å². The summed E-state index contributed by atoms with van der Waals surface area (Å²) in [4.78, 5) is 12.5. The summed E-state index contributed by atoms with van der Waals surface area (Å²) in [5.41, 5.74) is 4.38. The quantitative estimate of drug-likeness (QED) is 0.437. The largest absolute Gasteiger partial charge is 0.349 e. The van der Waals surface area contributed by atoms with Crippen molar-refractivity contribution >= 4 is 17.7 Å². The average molecular weight is 415 g/mol. The molecule has 30 heavy (non-hydrogen) atoms. The van der Waals surface area contributed by atoms with Crippen molar-refractivity contribution in [2.24, 2.45) is 0 Å². The van der Waals surface area contributed by atoms with Crippen molar-refractivity contribution in [3.8, 4) is 16.8 Å². The smallest absolute Gasteiger partial charge is 0.230 e. The summed E-state index contributed by atoms with van der Waals surface area (Å²) in [6.07, 6.45) is 1.66. The van der Waals surface area contributed by atoms with Crippen molar-refractivity contribution in [3.63, 3.8) is 0 Å². The van der Waals surface area contributed by atoms with Crippen LogP contribution in [-0.2, 0) is 4.79 Å². The van der Waals surface area contributed by atoms with E-state index in [1.54, 1.807) is 6.33 Å². The van der Waals surface area contributed by atoms with Gasteiger partial charge in [-0.25, -0.2) is 0 Å². The first-order valence-corrected chi connectivity index (χ1v) is 10.7. The minimum Gasteiger partial charge on any atom is -0.349 e. The normalized spacial score (nSPS) is 11.8. The van der Waals surface area contributed by atoms with Crippen LogP contribution in [0.1, 0.15) is 18.5 Å². The maximum atomic E-state index is 12.5. The van der Waals surface area contributed by atoms with E-state index in [-0.39, 0.29) is 17.7 Å². The van der Waals surface area contributed by atoms with E-state index >= 15 is 0 Å². The standard InChI is InChI=1S/C24H22N4OS/c1-18(19-12-14-21(15-13-19)20-8-4-2-5-9-20)26-23(29)16-30-24-27-25-17-28(24)22-10-6-3-7-11-22/h2-15,17-18H,16H2,1H3,(H,26,29)/t18-/m1/s1. The predicted octanol–water partition coefficient (Wildman–Crippen LogP) is 4.90. The Morgan fingerprint density at radius 3 is 2.27 bits per heavy atom. The number of hydrogen-bond donors (Lipinski definition) is 1. The Balaban J connectivity index is 1.34. The number of carbonyl (C=O) groups excluding carboxylic acids is 1. The van der Waals surface area contributed by atoms with Gasteiger partial charge in [-0.1, -0.05) is 84.6 Å². The molecule has 1 aromatic heterocycles. The number of hydrogen-bond acceptors (Lipinski definition) is 4. The van der Waals surface area contributed by atoms with Crippen molar-refractivity contribution in [3.05, 3.63) is 96.8 Å². The molecule has 1 heterocycles. The second-order valence-corrected chi connectivity index (χ2v) is 7.83. The summed E-state index contributed by atoms with van der Waals surface area (Å²) in [7, 11) is 0. The van der Waals surface area contributed by atoms with Crippen molar-refractivity contribution in [2.75, 3.05) is 5.75 Å². The number of thioether (sulfide) groups is 1. The second-order valence-electron chi connectivity index (χ2n) is 6.88. The molecular formula is C24H22N4OS. The van der Waals surface area contributed by atoms with Gasteiger partial charge in [0.05, 0.1) is 11.8 Å².